The highest BCUT2D eigenvalue weighted by atomic mass is 127. The SMILES string of the molecule is CC(=O)OC1C(C)O[C@@H](COC(=O)c2ccccc2I)[C@]1(C)OC(=O)c1ccccc1. The third kappa shape index (κ3) is 5.24. The first-order valence-electron chi connectivity index (χ1n) is 9.75. The topological polar surface area (TPSA) is 88.1 Å². The molecule has 1 aliphatic heterocycles. The number of carbonyl (C=O) groups is 3. The van der Waals surface area contributed by atoms with E-state index in [4.69, 9.17) is 18.9 Å². The average Bonchev–Trinajstić information content (AvgIpc) is 2.96. The van der Waals surface area contributed by atoms with Crippen LogP contribution in [0.1, 0.15) is 41.5 Å². The van der Waals surface area contributed by atoms with Crippen molar-refractivity contribution in [1.82, 2.24) is 0 Å². The second-order valence-electron chi connectivity index (χ2n) is 7.38. The summed E-state index contributed by atoms with van der Waals surface area (Å²) in [6, 6.07) is 15.5. The molecule has 0 saturated carbocycles. The number of hydrogen-bond donors (Lipinski definition) is 0. The predicted molar refractivity (Wildman–Crippen MR) is 120 cm³/mol. The van der Waals surface area contributed by atoms with Gasteiger partial charge in [0.2, 0.25) is 0 Å². The van der Waals surface area contributed by atoms with Gasteiger partial charge in [-0.25, -0.2) is 9.59 Å². The van der Waals surface area contributed by atoms with Crippen LogP contribution in [0.4, 0.5) is 0 Å². The van der Waals surface area contributed by atoms with Gasteiger partial charge in [0.1, 0.15) is 12.7 Å². The highest BCUT2D eigenvalue weighted by Gasteiger charge is 2.57. The summed E-state index contributed by atoms with van der Waals surface area (Å²) in [5.41, 5.74) is -0.588. The van der Waals surface area contributed by atoms with Crippen molar-refractivity contribution < 1.29 is 33.3 Å². The van der Waals surface area contributed by atoms with Gasteiger partial charge in [-0.15, -0.1) is 0 Å². The van der Waals surface area contributed by atoms with Crippen LogP contribution in [0.15, 0.2) is 54.6 Å². The quantitative estimate of drug-likeness (QED) is 0.314. The highest BCUT2D eigenvalue weighted by molar-refractivity contribution is 14.1. The van der Waals surface area contributed by atoms with Gasteiger partial charge in [0, 0.05) is 10.5 Å². The zero-order chi connectivity index (χ0) is 22.6. The number of rotatable bonds is 6. The molecule has 1 aliphatic rings. The third-order valence-corrected chi connectivity index (χ3v) is 6.02. The molecule has 0 radical (unpaired) electrons. The van der Waals surface area contributed by atoms with E-state index in [0.29, 0.717) is 11.1 Å². The third-order valence-electron chi connectivity index (χ3n) is 5.08. The van der Waals surface area contributed by atoms with E-state index in [1.807, 2.05) is 6.07 Å². The molecule has 1 heterocycles. The van der Waals surface area contributed by atoms with Gasteiger partial charge in [0.05, 0.1) is 17.2 Å². The monoisotopic (exact) mass is 538 g/mol. The van der Waals surface area contributed by atoms with Gasteiger partial charge in [-0.05, 0) is 60.7 Å². The summed E-state index contributed by atoms with van der Waals surface area (Å²) in [6.07, 6.45) is -2.26. The molecule has 31 heavy (non-hydrogen) atoms. The molecule has 8 heteroatoms. The van der Waals surface area contributed by atoms with E-state index in [1.165, 1.54) is 6.92 Å². The molecule has 0 bridgehead atoms. The molecular formula is C23H23IO7. The Morgan fingerprint density at radius 1 is 1.03 bits per heavy atom. The van der Waals surface area contributed by atoms with Gasteiger partial charge >= 0.3 is 17.9 Å². The summed E-state index contributed by atoms with van der Waals surface area (Å²) in [7, 11) is 0. The fourth-order valence-electron chi connectivity index (χ4n) is 3.52. The molecule has 0 amide bonds. The minimum absolute atomic E-state index is 0.176. The summed E-state index contributed by atoms with van der Waals surface area (Å²) in [6.45, 7) is 4.43. The van der Waals surface area contributed by atoms with Crippen molar-refractivity contribution in [1.29, 1.82) is 0 Å². The Morgan fingerprint density at radius 3 is 2.32 bits per heavy atom. The summed E-state index contributed by atoms with van der Waals surface area (Å²) in [5, 5.41) is 0. The molecule has 2 aromatic rings. The maximum absolute atomic E-state index is 12.8. The fourth-order valence-corrected chi connectivity index (χ4v) is 4.13. The van der Waals surface area contributed by atoms with E-state index in [-0.39, 0.29) is 6.61 Å². The van der Waals surface area contributed by atoms with Gasteiger partial charge in [0.25, 0.3) is 0 Å². The molecular weight excluding hydrogens is 515 g/mol. The number of carbonyl (C=O) groups excluding carboxylic acids is 3. The molecule has 2 unspecified atom stereocenters. The van der Waals surface area contributed by atoms with E-state index in [0.717, 1.165) is 3.57 Å². The lowest BCUT2D eigenvalue weighted by molar-refractivity contribution is -0.160. The lowest BCUT2D eigenvalue weighted by Gasteiger charge is -2.33. The van der Waals surface area contributed by atoms with Crippen LogP contribution in [-0.4, -0.2) is 48.4 Å². The van der Waals surface area contributed by atoms with Crippen LogP contribution < -0.4 is 0 Å². The Balaban J connectivity index is 1.81. The molecule has 164 valence electrons. The van der Waals surface area contributed by atoms with Crippen molar-refractivity contribution in [2.75, 3.05) is 6.61 Å². The molecule has 1 fully saturated rings. The Hall–Kier alpha value is -2.46. The zero-order valence-corrected chi connectivity index (χ0v) is 19.5. The number of hydrogen-bond acceptors (Lipinski definition) is 7. The first-order valence-corrected chi connectivity index (χ1v) is 10.8. The molecule has 7 nitrogen and oxygen atoms in total. The van der Waals surface area contributed by atoms with Crippen molar-refractivity contribution in [3.63, 3.8) is 0 Å². The fraction of sp³-hybridized carbons (Fsp3) is 0.348. The second-order valence-corrected chi connectivity index (χ2v) is 8.54. The normalized spacial score (nSPS) is 25.0. The van der Waals surface area contributed by atoms with Crippen LogP contribution in [0.3, 0.4) is 0 Å². The van der Waals surface area contributed by atoms with Crippen LogP contribution in [0.2, 0.25) is 0 Å². The van der Waals surface area contributed by atoms with Crippen molar-refractivity contribution in [2.24, 2.45) is 0 Å². The van der Waals surface area contributed by atoms with Crippen LogP contribution >= 0.6 is 22.6 Å². The molecule has 2 aromatic carbocycles. The maximum Gasteiger partial charge on any atom is 0.339 e. The standard InChI is InChI=1S/C23H23IO7/c1-14-20(30-15(2)25)23(3,31-21(26)16-9-5-4-6-10-16)19(29-14)13-28-22(27)17-11-7-8-12-18(17)24/h4-12,14,19-20H,13H2,1-3H3/t14?,19-,20?,23-/m0/s1. The van der Waals surface area contributed by atoms with Gasteiger partial charge in [0.15, 0.2) is 11.7 Å². The minimum Gasteiger partial charge on any atom is -0.459 e. The smallest absolute Gasteiger partial charge is 0.339 e. The zero-order valence-electron chi connectivity index (χ0n) is 17.4. The Morgan fingerprint density at radius 2 is 1.68 bits per heavy atom. The van der Waals surface area contributed by atoms with Gasteiger partial charge < -0.3 is 18.9 Å². The first kappa shape index (κ1) is 23.2. The Kier molecular flexibility index (Phi) is 7.32. The van der Waals surface area contributed by atoms with Gasteiger partial charge in [-0.3, -0.25) is 4.79 Å². The van der Waals surface area contributed by atoms with Crippen LogP contribution in [0.5, 0.6) is 0 Å². The summed E-state index contributed by atoms with van der Waals surface area (Å²) in [5.74, 6) is -1.64. The first-order chi connectivity index (χ1) is 14.7. The maximum atomic E-state index is 12.8. The molecule has 3 rings (SSSR count). The molecule has 4 atom stereocenters. The van der Waals surface area contributed by atoms with Gasteiger partial charge in [-0.2, -0.15) is 0 Å². The minimum atomic E-state index is -1.36. The number of benzene rings is 2. The molecule has 1 saturated heterocycles. The van der Waals surface area contributed by atoms with E-state index in [2.05, 4.69) is 22.6 Å². The van der Waals surface area contributed by atoms with Crippen molar-refractivity contribution >= 4 is 40.5 Å². The largest absolute Gasteiger partial charge is 0.459 e. The van der Waals surface area contributed by atoms with Gasteiger partial charge in [-0.1, -0.05) is 30.3 Å². The number of halogens is 1. The average molecular weight is 538 g/mol. The van der Waals surface area contributed by atoms with Crippen molar-refractivity contribution in [3.8, 4) is 0 Å². The summed E-state index contributed by atoms with van der Waals surface area (Å²) < 4.78 is 23.4. The number of ether oxygens (including phenoxy) is 4. The van der Waals surface area contributed by atoms with Crippen molar-refractivity contribution in [3.05, 3.63) is 69.3 Å². The molecule has 0 aromatic heterocycles. The molecule has 0 N–H and O–H groups in total. The van der Waals surface area contributed by atoms with Crippen molar-refractivity contribution in [2.45, 2.75) is 44.7 Å². The number of esters is 3. The summed E-state index contributed by atoms with van der Waals surface area (Å²) >= 11 is 2.05. The molecule has 0 spiro atoms. The van der Waals surface area contributed by atoms with Crippen LogP contribution in [0.25, 0.3) is 0 Å². The lowest BCUT2D eigenvalue weighted by atomic mass is 9.92. The highest BCUT2D eigenvalue weighted by Crippen LogP contribution is 2.37. The molecule has 0 aliphatic carbocycles. The van der Waals surface area contributed by atoms with Crippen LogP contribution in [-0.2, 0) is 23.7 Å². The van der Waals surface area contributed by atoms with Crippen LogP contribution in [0, 0.1) is 3.57 Å². The Bertz CT molecular complexity index is 961. The predicted octanol–water partition coefficient (Wildman–Crippen LogP) is 3.78. The van der Waals surface area contributed by atoms with E-state index in [1.54, 1.807) is 62.4 Å². The lowest BCUT2D eigenvalue weighted by Crippen LogP contribution is -2.52. The van der Waals surface area contributed by atoms with E-state index >= 15 is 0 Å². The van der Waals surface area contributed by atoms with E-state index < -0.39 is 41.8 Å². The van der Waals surface area contributed by atoms with E-state index in [9.17, 15) is 14.4 Å². The second kappa shape index (κ2) is 9.78. The summed E-state index contributed by atoms with van der Waals surface area (Å²) in [4.78, 5) is 37.0. The Labute approximate surface area is 194 Å².